The Bertz CT molecular complexity index is 402. The minimum absolute atomic E-state index is 0.0738. The van der Waals surface area contributed by atoms with E-state index in [0.29, 0.717) is 0 Å². The molecule has 4 unspecified atom stereocenters. The molecule has 86 valence electrons. The second-order valence-electron chi connectivity index (χ2n) is 5.30. The highest BCUT2D eigenvalue weighted by atomic mass is 16.2. The largest absolute Gasteiger partial charge is 0.299 e. The van der Waals surface area contributed by atoms with Gasteiger partial charge < -0.3 is 0 Å². The Morgan fingerprint density at radius 2 is 2.12 bits per heavy atom. The summed E-state index contributed by atoms with van der Waals surface area (Å²) in [5.74, 6) is -0.210. The lowest BCUT2D eigenvalue weighted by Crippen LogP contribution is -2.59. The molecule has 0 radical (unpaired) electrons. The van der Waals surface area contributed by atoms with E-state index in [1.165, 1.54) is 0 Å². The number of rotatable bonds is 1. The van der Waals surface area contributed by atoms with Crippen LogP contribution < -0.4 is 5.32 Å². The van der Waals surface area contributed by atoms with Crippen LogP contribution in [-0.4, -0.2) is 36.3 Å². The molecule has 1 saturated carbocycles. The first-order chi connectivity index (χ1) is 7.56. The van der Waals surface area contributed by atoms with Crippen molar-refractivity contribution < 1.29 is 9.59 Å². The summed E-state index contributed by atoms with van der Waals surface area (Å²) in [7, 11) is 3.98. The molecule has 4 aliphatic rings. The molecule has 0 spiro atoms. The highest BCUT2D eigenvalue weighted by molar-refractivity contribution is 6.06. The third-order valence-electron chi connectivity index (χ3n) is 4.53. The second kappa shape index (κ2) is 2.94. The summed E-state index contributed by atoms with van der Waals surface area (Å²) in [6.07, 6.45) is 6.25. The Morgan fingerprint density at radius 3 is 2.69 bits per heavy atom. The van der Waals surface area contributed by atoms with Crippen LogP contribution in [0.2, 0.25) is 0 Å². The van der Waals surface area contributed by atoms with Gasteiger partial charge in [0.1, 0.15) is 0 Å². The van der Waals surface area contributed by atoms with Crippen molar-refractivity contribution in [1.82, 2.24) is 10.2 Å². The maximum Gasteiger partial charge on any atom is 0.232 e. The number of hydrogen-bond donors (Lipinski definition) is 1. The number of amides is 2. The molecule has 0 aromatic carbocycles. The lowest BCUT2D eigenvalue weighted by molar-refractivity contribution is -0.129. The van der Waals surface area contributed by atoms with Gasteiger partial charge in [0, 0.05) is 0 Å². The number of nitrogens with one attached hydrogen (secondary N) is 1. The van der Waals surface area contributed by atoms with Gasteiger partial charge in [-0.05, 0) is 32.9 Å². The minimum atomic E-state index is -0.240. The molecule has 1 saturated heterocycles. The van der Waals surface area contributed by atoms with E-state index >= 15 is 0 Å². The van der Waals surface area contributed by atoms with E-state index < -0.39 is 0 Å². The Kier molecular flexibility index (Phi) is 1.84. The van der Waals surface area contributed by atoms with Crippen molar-refractivity contribution >= 4 is 11.8 Å². The fourth-order valence-electron chi connectivity index (χ4n) is 3.65. The van der Waals surface area contributed by atoms with Crippen molar-refractivity contribution in [3.8, 4) is 0 Å². The molecule has 1 heterocycles. The molecule has 0 aromatic rings. The van der Waals surface area contributed by atoms with Crippen LogP contribution in [0.5, 0.6) is 0 Å². The summed E-state index contributed by atoms with van der Waals surface area (Å²) in [6.45, 7) is 0. The van der Waals surface area contributed by atoms with Gasteiger partial charge in [0.15, 0.2) is 0 Å². The third-order valence-corrected chi connectivity index (χ3v) is 4.53. The van der Waals surface area contributed by atoms with Crippen LogP contribution in [-0.2, 0) is 9.59 Å². The van der Waals surface area contributed by atoms with Crippen molar-refractivity contribution in [2.24, 2.45) is 17.8 Å². The Hall–Kier alpha value is -1.16. The van der Waals surface area contributed by atoms with Crippen LogP contribution in [0.25, 0.3) is 0 Å². The molecule has 3 aliphatic carbocycles. The molecule has 4 rings (SSSR count). The maximum atomic E-state index is 11.9. The summed E-state index contributed by atoms with van der Waals surface area (Å²) < 4.78 is 0. The smallest absolute Gasteiger partial charge is 0.232 e. The predicted octanol–water partition coefficient (Wildman–Crippen LogP) is 0.155. The maximum absolute atomic E-state index is 11.9. The lowest BCUT2D eigenvalue weighted by Gasteiger charge is -2.51. The summed E-state index contributed by atoms with van der Waals surface area (Å²) in [6, 6.07) is 0. The van der Waals surface area contributed by atoms with E-state index in [1.807, 2.05) is 14.1 Å². The highest BCUT2D eigenvalue weighted by Crippen LogP contribution is 2.51. The molecular weight excluding hydrogens is 204 g/mol. The molecule has 2 fully saturated rings. The Balaban J connectivity index is 2.13. The summed E-state index contributed by atoms with van der Waals surface area (Å²) >= 11 is 0. The third kappa shape index (κ3) is 0.981. The first-order valence-electron chi connectivity index (χ1n) is 5.78. The molecule has 1 aliphatic heterocycles. The van der Waals surface area contributed by atoms with E-state index in [9.17, 15) is 9.59 Å². The fourth-order valence-corrected chi connectivity index (χ4v) is 3.65. The zero-order valence-corrected chi connectivity index (χ0v) is 9.56. The van der Waals surface area contributed by atoms with Crippen molar-refractivity contribution in [1.29, 1.82) is 0 Å². The van der Waals surface area contributed by atoms with Gasteiger partial charge in [0.2, 0.25) is 11.8 Å². The average Bonchev–Trinajstić information content (AvgIpc) is 2.58. The van der Waals surface area contributed by atoms with E-state index in [-0.39, 0.29) is 35.1 Å². The van der Waals surface area contributed by atoms with Gasteiger partial charge in [0.25, 0.3) is 0 Å². The van der Waals surface area contributed by atoms with Crippen LogP contribution in [0.4, 0.5) is 0 Å². The number of imide groups is 1. The lowest BCUT2D eigenvalue weighted by atomic mass is 9.58. The zero-order chi connectivity index (χ0) is 11.5. The minimum Gasteiger partial charge on any atom is -0.299 e. The van der Waals surface area contributed by atoms with Gasteiger partial charge in [-0.2, -0.15) is 0 Å². The van der Waals surface area contributed by atoms with Crippen LogP contribution >= 0.6 is 0 Å². The number of nitrogens with zero attached hydrogens (tertiary/aromatic N) is 1. The first-order valence-corrected chi connectivity index (χ1v) is 5.78. The Labute approximate surface area is 94.7 Å². The van der Waals surface area contributed by atoms with E-state index in [1.54, 1.807) is 0 Å². The van der Waals surface area contributed by atoms with Gasteiger partial charge in [-0.1, -0.05) is 12.2 Å². The van der Waals surface area contributed by atoms with Gasteiger partial charge in [-0.3, -0.25) is 19.8 Å². The van der Waals surface area contributed by atoms with Gasteiger partial charge >= 0.3 is 0 Å². The van der Waals surface area contributed by atoms with Gasteiger partial charge in [-0.25, -0.2) is 0 Å². The second-order valence-corrected chi connectivity index (χ2v) is 5.30. The standard InChI is InChI=1S/C12H16N2O2/c1-14(2)12-5-3-7(4-6-12)8-9(12)11(16)13-10(8)15/h3,5,7-9H,4,6H2,1-2H3,(H,13,15,16). The van der Waals surface area contributed by atoms with E-state index in [4.69, 9.17) is 0 Å². The van der Waals surface area contributed by atoms with E-state index in [0.717, 1.165) is 12.8 Å². The highest BCUT2D eigenvalue weighted by Gasteiger charge is 2.60. The van der Waals surface area contributed by atoms with Crippen LogP contribution in [0.15, 0.2) is 12.2 Å². The number of allylic oxidation sites excluding steroid dienone is 1. The number of carbonyl (C=O) groups excluding carboxylic acids is 2. The quantitative estimate of drug-likeness (QED) is 0.505. The molecule has 16 heavy (non-hydrogen) atoms. The average molecular weight is 220 g/mol. The van der Waals surface area contributed by atoms with Crippen molar-refractivity contribution in [2.75, 3.05) is 14.1 Å². The molecule has 2 bridgehead atoms. The number of likely N-dealkylation sites (N-methyl/N-ethyl adjacent to an activating group) is 1. The van der Waals surface area contributed by atoms with Gasteiger partial charge in [-0.15, -0.1) is 0 Å². The molecule has 4 nitrogen and oxygen atoms in total. The molecule has 1 N–H and O–H groups in total. The molecule has 4 heteroatoms. The summed E-state index contributed by atoms with van der Waals surface area (Å²) in [5, 5.41) is 2.49. The van der Waals surface area contributed by atoms with Crippen LogP contribution in [0, 0.1) is 17.8 Å². The zero-order valence-electron chi connectivity index (χ0n) is 9.56. The number of fused-ring (bicyclic) bond motifs is 1. The number of hydrogen-bond acceptors (Lipinski definition) is 3. The first kappa shape index (κ1) is 10.0. The number of carbonyl (C=O) groups is 2. The Morgan fingerprint density at radius 1 is 1.38 bits per heavy atom. The SMILES string of the molecule is CN(C)C12C=CC(CC1)C1C(=O)NC(=O)C12. The van der Waals surface area contributed by atoms with Crippen molar-refractivity contribution in [3.63, 3.8) is 0 Å². The molecule has 2 amide bonds. The summed E-state index contributed by atoms with van der Waals surface area (Å²) in [4.78, 5) is 25.8. The molecule has 4 atom stereocenters. The monoisotopic (exact) mass is 220 g/mol. The predicted molar refractivity (Wildman–Crippen MR) is 58.4 cm³/mol. The van der Waals surface area contributed by atoms with Crippen molar-refractivity contribution in [2.45, 2.75) is 18.4 Å². The van der Waals surface area contributed by atoms with Crippen LogP contribution in [0.1, 0.15) is 12.8 Å². The topological polar surface area (TPSA) is 49.4 Å². The molecule has 0 aromatic heterocycles. The summed E-state index contributed by atoms with van der Waals surface area (Å²) in [5.41, 5.74) is -0.240. The fraction of sp³-hybridized carbons (Fsp3) is 0.667. The normalized spacial score (nSPS) is 45.1. The van der Waals surface area contributed by atoms with E-state index in [2.05, 4.69) is 22.4 Å². The molecular formula is C12H16N2O2. The van der Waals surface area contributed by atoms with Crippen molar-refractivity contribution in [3.05, 3.63) is 12.2 Å². The van der Waals surface area contributed by atoms with Gasteiger partial charge in [0.05, 0.1) is 17.4 Å². The van der Waals surface area contributed by atoms with Crippen LogP contribution in [0.3, 0.4) is 0 Å².